The van der Waals surface area contributed by atoms with E-state index in [0.717, 1.165) is 16.8 Å². The van der Waals surface area contributed by atoms with Crippen LogP contribution in [0.5, 0.6) is 0 Å². The molecule has 2 aromatic carbocycles. The molecular formula is C15H8Cl2F3N5O2S. The van der Waals surface area contributed by atoms with Crippen LogP contribution < -0.4 is 5.84 Å². The van der Waals surface area contributed by atoms with Gasteiger partial charge in [0, 0.05) is 21.7 Å². The molecule has 13 heteroatoms. The number of halogens is 5. The monoisotopic (exact) mass is 449 g/mol. The summed E-state index contributed by atoms with van der Waals surface area (Å²) in [5, 5.41) is 19.6. The summed E-state index contributed by atoms with van der Waals surface area (Å²) < 4.78 is 39.5. The van der Waals surface area contributed by atoms with Gasteiger partial charge in [-0.2, -0.15) is 13.2 Å². The number of rotatable bonds is 4. The van der Waals surface area contributed by atoms with Gasteiger partial charge in [0.2, 0.25) is 5.16 Å². The summed E-state index contributed by atoms with van der Waals surface area (Å²) in [5.74, 6) is 6.11. The van der Waals surface area contributed by atoms with Crippen LogP contribution in [0.25, 0.3) is 11.4 Å². The smallest absolute Gasteiger partial charge is 0.335 e. The van der Waals surface area contributed by atoms with Gasteiger partial charge in [-0.05, 0) is 42.1 Å². The molecule has 0 fully saturated rings. The molecule has 0 spiro atoms. The van der Waals surface area contributed by atoms with Crippen molar-refractivity contribution in [2.45, 2.75) is 16.2 Å². The summed E-state index contributed by atoms with van der Waals surface area (Å²) in [5.41, 5.74) is -1.41. The normalized spacial score (nSPS) is 11.6. The first kappa shape index (κ1) is 20.2. The van der Waals surface area contributed by atoms with Crippen molar-refractivity contribution in [2.24, 2.45) is 0 Å². The number of alkyl halides is 3. The Bertz CT molecular complexity index is 1050. The van der Waals surface area contributed by atoms with E-state index in [1.54, 1.807) is 0 Å². The lowest BCUT2D eigenvalue weighted by Crippen LogP contribution is -2.11. The number of hydrogen-bond acceptors (Lipinski definition) is 6. The fraction of sp³-hybridized carbons (Fsp3) is 0.0667. The van der Waals surface area contributed by atoms with Crippen molar-refractivity contribution in [1.29, 1.82) is 0 Å². The molecule has 3 rings (SSSR count). The highest BCUT2D eigenvalue weighted by Crippen LogP contribution is 2.39. The predicted octanol–water partition coefficient (Wildman–Crippen LogP) is 5.04. The highest BCUT2D eigenvalue weighted by Gasteiger charge is 2.33. The van der Waals surface area contributed by atoms with Gasteiger partial charge in [-0.25, -0.2) is 4.68 Å². The van der Waals surface area contributed by atoms with Gasteiger partial charge in [0.15, 0.2) is 5.82 Å². The van der Waals surface area contributed by atoms with Gasteiger partial charge in [-0.15, -0.1) is 10.2 Å². The second kappa shape index (κ2) is 7.49. The van der Waals surface area contributed by atoms with Crippen LogP contribution in [0.4, 0.5) is 18.9 Å². The molecule has 0 saturated carbocycles. The molecule has 0 unspecified atom stereocenters. The fourth-order valence-electron chi connectivity index (χ4n) is 2.25. The topological polar surface area (TPSA) is 99.9 Å². The van der Waals surface area contributed by atoms with Crippen LogP contribution in [0.2, 0.25) is 10.0 Å². The van der Waals surface area contributed by atoms with Crippen molar-refractivity contribution >= 4 is 40.7 Å². The van der Waals surface area contributed by atoms with E-state index in [4.69, 9.17) is 29.0 Å². The van der Waals surface area contributed by atoms with Crippen molar-refractivity contribution in [3.05, 3.63) is 62.1 Å². The maximum absolute atomic E-state index is 12.8. The molecule has 1 heterocycles. The Morgan fingerprint density at radius 3 is 2.32 bits per heavy atom. The Morgan fingerprint density at radius 1 is 1.11 bits per heavy atom. The van der Waals surface area contributed by atoms with E-state index < -0.39 is 22.4 Å². The molecule has 0 aliphatic heterocycles. The van der Waals surface area contributed by atoms with Crippen LogP contribution in [-0.2, 0) is 6.18 Å². The van der Waals surface area contributed by atoms with Crippen molar-refractivity contribution in [1.82, 2.24) is 14.9 Å². The van der Waals surface area contributed by atoms with Gasteiger partial charge >= 0.3 is 6.18 Å². The third kappa shape index (κ3) is 4.16. The number of nitrogens with two attached hydrogens (primary N) is 1. The van der Waals surface area contributed by atoms with Crippen molar-refractivity contribution in [3.63, 3.8) is 0 Å². The largest absolute Gasteiger partial charge is 0.416 e. The summed E-state index contributed by atoms with van der Waals surface area (Å²) in [6.45, 7) is 0. The molecule has 0 radical (unpaired) electrons. The number of aromatic nitrogens is 3. The molecule has 1 aromatic heterocycles. The van der Waals surface area contributed by atoms with E-state index >= 15 is 0 Å². The summed E-state index contributed by atoms with van der Waals surface area (Å²) >= 11 is 12.6. The summed E-state index contributed by atoms with van der Waals surface area (Å²) in [6, 6.07) is 6.76. The fourth-order valence-corrected chi connectivity index (χ4v) is 3.61. The van der Waals surface area contributed by atoms with E-state index in [1.807, 2.05) is 0 Å². The Hall–Kier alpha value is -2.50. The number of benzene rings is 2. The quantitative estimate of drug-likeness (QED) is 0.340. The minimum absolute atomic E-state index is 0.0222. The Kier molecular flexibility index (Phi) is 5.41. The summed E-state index contributed by atoms with van der Waals surface area (Å²) in [4.78, 5) is 10.2. The van der Waals surface area contributed by atoms with Crippen LogP contribution in [0.15, 0.2) is 46.5 Å². The zero-order chi connectivity index (χ0) is 20.6. The SMILES string of the molecule is Nn1c(Sc2ccc(C(F)(F)F)cc2[N+](=O)[O-])nnc1-c1cc(Cl)cc(Cl)c1. The molecule has 2 N–H and O–H groups in total. The highest BCUT2D eigenvalue weighted by atomic mass is 35.5. The first-order valence-electron chi connectivity index (χ1n) is 7.26. The van der Waals surface area contributed by atoms with Crippen LogP contribution in [-0.4, -0.2) is 19.8 Å². The van der Waals surface area contributed by atoms with E-state index in [2.05, 4.69) is 10.2 Å². The maximum Gasteiger partial charge on any atom is 0.416 e. The van der Waals surface area contributed by atoms with Gasteiger partial charge in [0.1, 0.15) is 0 Å². The van der Waals surface area contributed by atoms with Gasteiger partial charge in [0.05, 0.1) is 15.4 Å². The lowest BCUT2D eigenvalue weighted by molar-refractivity contribution is -0.388. The molecule has 7 nitrogen and oxygen atoms in total. The first-order valence-corrected chi connectivity index (χ1v) is 8.84. The first-order chi connectivity index (χ1) is 13.1. The molecule has 3 aromatic rings. The van der Waals surface area contributed by atoms with E-state index in [-0.39, 0.29) is 15.9 Å². The molecule has 0 aliphatic rings. The average molecular weight is 450 g/mol. The summed E-state index contributed by atoms with van der Waals surface area (Å²) in [6.07, 6.45) is -4.71. The lowest BCUT2D eigenvalue weighted by Gasteiger charge is -2.08. The second-order valence-electron chi connectivity index (χ2n) is 5.37. The standard InChI is InChI=1S/C15H8Cl2F3N5O2S/c16-9-3-7(4-10(17)6-9)13-22-23-14(24(13)21)28-12-2-1-8(15(18,19)20)5-11(12)25(26)27/h1-6H,21H2. The van der Waals surface area contributed by atoms with E-state index in [9.17, 15) is 23.3 Å². The number of nitrogen functional groups attached to an aromatic ring is 1. The molecule has 0 atom stereocenters. The van der Waals surface area contributed by atoms with Gasteiger partial charge < -0.3 is 5.84 Å². The minimum atomic E-state index is -4.71. The van der Waals surface area contributed by atoms with Crippen LogP contribution >= 0.6 is 35.0 Å². The Balaban J connectivity index is 1.99. The zero-order valence-electron chi connectivity index (χ0n) is 13.4. The van der Waals surface area contributed by atoms with Crippen LogP contribution in [0.3, 0.4) is 0 Å². The van der Waals surface area contributed by atoms with Crippen LogP contribution in [0.1, 0.15) is 5.56 Å². The maximum atomic E-state index is 12.8. The van der Waals surface area contributed by atoms with Crippen molar-refractivity contribution in [2.75, 3.05) is 5.84 Å². The minimum Gasteiger partial charge on any atom is -0.335 e. The molecule has 0 aliphatic carbocycles. The third-order valence-corrected chi connectivity index (χ3v) is 4.93. The summed E-state index contributed by atoms with van der Waals surface area (Å²) in [7, 11) is 0. The second-order valence-corrected chi connectivity index (χ2v) is 7.26. The average Bonchev–Trinajstić information content (AvgIpc) is 2.94. The Morgan fingerprint density at radius 2 is 1.75 bits per heavy atom. The third-order valence-electron chi connectivity index (χ3n) is 3.47. The van der Waals surface area contributed by atoms with Gasteiger partial charge in [-0.1, -0.05) is 23.2 Å². The van der Waals surface area contributed by atoms with E-state index in [1.165, 1.54) is 18.2 Å². The molecular weight excluding hydrogens is 442 g/mol. The van der Waals surface area contributed by atoms with Crippen molar-refractivity contribution in [3.8, 4) is 11.4 Å². The number of nitro groups is 1. The molecule has 0 saturated heterocycles. The number of hydrogen-bond donors (Lipinski definition) is 1. The van der Waals surface area contributed by atoms with Crippen molar-refractivity contribution < 1.29 is 18.1 Å². The molecule has 0 bridgehead atoms. The van der Waals surface area contributed by atoms with E-state index in [0.29, 0.717) is 33.4 Å². The lowest BCUT2D eigenvalue weighted by atomic mass is 10.2. The molecule has 0 amide bonds. The number of nitrogens with zero attached hydrogens (tertiary/aromatic N) is 4. The van der Waals surface area contributed by atoms with Gasteiger partial charge in [0.25, 0.3) is 5.69 Å². The predicted molar refractivity (Wildman–Crippen MR) is 97.8 cm³/mol. The zero-order valence-corrected chi connectivity index (χ0v) is 15.8. The highest BCUT2D eigenvalue weighted by molar-refractivity contribution is 7.99. The van der Waals surface area contributed by atoms with Crippen LogP contribution in [0, 0.1) is 10.1 Å². The number of nitro benzene ring substituents is 1. The Labute approximate surface area is 169 Å². The van der Waals surface area contributed by atoms with Gasteiger partial charge in [-0.3, -0.25) is 10.1 Å². The molecule has 146 valence electrons. The molecule has 28 heavy (non-hydrogen) atoms.